The summed E-state index contributed by atoms with van der Waals surface area (Å²) in [6, 6.07) is 9.24. The van der Waals surface area contributed by atoms with Gasteiger partial charge in [-0.05, 0) is 25.5 Å². The van der Waals surface area contributed by atoms with E-state index in [0.29, 0.717) is 5.56 Å². The SMILES string of the molecule is CCC(C)OC(=O)c1ccc[n+](C)c1.C[n+]1ccccc1C=NO.[I-].[I-]. The van der Waals surface area contributed by atoms with E-state index in [1.165, 1.54) is 6.21 Å². The minimum atomic E-state index is -0.254. The highest BCUT2D eigenvalue weighted by atomic mass is 127. The molecule has 2 aromatic heterocycles. The number of pyridine rings is 2. The molecule has 0 aliphatic carbocycles. The van der Waals surface area contributed by atoms with Gasteiger partial charge in [0, 0.05) is 18.2 Å². The van der Waals surface area contributed by atoms with E-state index in [1.54, 1.807) is 12.3 Å². The molecule has 0 amide bonds. The van der Waals surface area contributed by atoms with Gasteiger partial charge < -0.3 is 57.9 Å². The van der Waals surface area contributed by atoms with Crippen molar-refractivity contribution in [1.82, 2.24) is 0 Å². The number of nitrogens with zero attached hydrogens (tertiary/aromatic N) is 3. The molecule has 0 aliphatic rings. The fraction of sp³-hybridized carbons (Fsp3) is 0.333. The fourth-order valence-electron chi connectivity index (χ4n) is 1.77. The highest BCUT2D eigenvalue weighted by Crippen LogP contribution is 2.03. The lowest BCUT2D eigenvalue weighted by Gasteiger charge is -2.09. The van der Waals surface area contributed by atoms with Crippen molar-refractivity contribution >= 4 is 12.2 Å². The zero-order valence-corrected chi connectivity index (χ0v) is 19.7. The van der Waals surface area contributed by atoms with Crippen LogP contribution in [0.15, 0.2) is 54.1 Å². The first-order chi connectivity index (χ1) is 11.5. The first-order valence-electron chi connectivity index (χ1n) is 7.76. The minimum absolute atomic E-state index is 0. The second-order valence-electron chi connectivity index (χ2n) is 5.36. The summed E-state index contributed by atoms with van der Waals surface area (Å²) in [5, 5.41) is 11.1. The van der Waals surface area contributed by atoms with E-state index in [2.05, 4.69) is 5.16 Å². The van der Waals surface area contributed by atoms with Crippen molar-refractivity contribution in [2.75, 3.05) is 0 Å². The highest BCUT2D eigenvalue weighted by molar-refractivity contribution is 5.88. The Morgan fingerprint density at radius 1 is 1.23 bits per heavy atom. The van der Waals surface area contributed by atoms with E-state index >= 15 is 0 Å². The maximum absolute atomic E-state index is 11.5. The van der Waals surface area contributed by atoms with E-state index in [-0.39, 0.29) is 60.0 Å². The summed E-state index contributed by atoms with van der Waals surface area (Å²) in [6.07, 6.45) is 7.72. The first-order valence-corrected chi connectivity index (χ1v) is 7.76. The second-order valence-corrected chi connectivity index (χ2v) is 5.36. The molecule has 8 heteroatoms. The van der Waals surface area contributed by atoms with Crippen molar-refractivity contribution in [1.29, 1.82) is 0 Å². The fourth-order valence-corrected chi connectivity index (χ4v) is 1.77. The Kier molecular flexibility index (Phi) is 15.4. The molecule has 144 valence electrons. The molecular weight excluding hydrogens is 560 g/mol. The van der Waals surface area contributed by atoms with Crippen molar-refractivity contribution < 1.29 is 71.8 Å². The van der Waals surface area contributed by atoms with Gasteiger partial charge in [-0.3, -0.25) is 0 Å². The summed E-state index contributed by atoms with van der Waals surface area (Å²) in [4.78, 5) is 11.5. The van der Waals surface area contributed by atoms with Crippen molar-refractivity contribution in [2.24, 2.45) is 19.3 Å². The van der Waals surface area contributed by atoms with Crippen molar-refractivity contribution in [3.8, 4) is 0 Å². The quantitative estimate of drug-likeness (QED) is 0.0990. The third-order valence-electron chi connectivity index (χ3n) is 3.34. The molecule has 2 rings (SSSR count). The van der Waals surface area contributed by atoms with Crippen molar-refractivity contribution in [2.45, 2.75) is 26.4 Å². The maximum Gasteiger partial charge on any atom is 0.344 e. The number of ether oxygens (including phenoxy) is 1. The summed E-state index contributed by atoms with van der Waals surface area (Å²) in [6.45, 7) is 3.88. The molecule has 0 fully saturated rings. The highest BCUT2D eigenvalue weighted by Gasteiger charge is 2.12. The molecule has 0 aromatic carbocycles. The molecule has 0 radical (unpaired) electrons. The van der Waals surface area contributed by atoms with Gasteiger partial charge in [-0.25, -0.2) is 13.9 Å². The predicted octanol–water partition coefficient (Wildman–Crippen LogP) is -4.21. The molecule has 0 bridgehead atoms. The minimum Gasteiger partial charge on any atom is -1.00 e. The smallest absolute Gasteiger partial charge is 0.344 e. The lowest BCUT2D eigenvalue weighted by atomic mass is 10.2. The molecule has 0 spiro atoms. The number of esters is 1. The number of hydrogen-bond acceptors (Lipinski definition) is 4. The standard InChI is InChI=1S/C11H16NO2.C7H8N2O.2HI/c1-4-9(2)14-11(13)10-6-5-7-12(3)8-10;1-9-5-3-2-4-7(9)6-8-10;;/h5-9H,4H2,1-3H3;2-6H,1H3;2*1H/q+1;;;/p-1. The topological polar surface area (TPSA) is 66.7 Å². The Bertz CT molecular complexity index is 697. The molecule has 0 saturated heterocycles. The second kappa shape index (κ2) is 14.8. The van der Waals surface area contributed by atoms with Crippen LogP contribution in [0.5, 0.6) is 0 Å². The first kappa shape index (κ1) is 26.9. The Hall–Kier alpha value is -1.30. The van der Waals surface area contributed by atoms with Gasteiger partial charge in [0.25, 0.3) is 0 Å². The Morgan fingerprint density at radius 2 is 1.92 bits per heavy atom. The third kappa shape index (κ3) is 10.00. The molecular formula is C18H25I2N3O3. The van der Waals surface area contributed by atoms with Gasteiger partial charge in [-0.2, -0.15) is 0 Å². The molecule has 2 heterocycles. The molecule has 0 saturated carbocycles. The van der Waals surface area contributed by atoms with Gasteiger partial charge in [0.05, 0.1) is 6.10 Å². The van der Waals surface area contributed by atoms with Gasteiger partial charge in [-0.1, -0.05) is 12.1 Å². The van der Waals surface area contributed by atoms with Crippen LogP contribution in [-0.4, -0.2) is 23.5 Å². The summed E-state index contributed by atoms with van der Waals surface area (Å²) in [5.41, 5.74) is 1.46. The molecule has 2 aromatic rings. The van der Waals surface area contributed by atoms with Crippen LogP contribution in [0.2, 0.25) is 0 Å². The summed E-state index contributed by atoms with van der Waals surface area (Å²) in [7, 11) is 3.76. The van der Waals surface area contributed by atoms with E-state index < -0.39 is 0 Å². The Labute approximate surface area is 188 Å². The number of aromatic nitrogens is 2. The number of aryl methyl sites for hydroxylation is 2. The van der Waals surface area contributed by atoms with Crippen LogP contribution in [0.4, 0.5) is 0 Å². The Balaban J connectivity index is 0. The van der Waals surface area contributed by atoms with Gasteiger partial charge in [0.1, 0.15) is 25.9 Å². The number of hydrogen-bond donors (Lipinski definition) is 1. The zero-order chi connectivity index (χ0) is 17.9. The van der Waals surface area contributed by atoms with Gasteiger partial charge in [0.15, 0.2) is 18.6 Å². The predicted molar refractivity (Wildman–Crippen MR) is 89.8 cm³/mol. The van der Waals surface area contributed by atoms with Gasteiger partial charge in [-0.15, -0.1) is 0 Å². The zero-order valence-electron chi connectivity index (χ0n) is 15.3. The van der Waals surface area contributed by atoms with Crippen LogP contribution in [0.3, 0.4) is 0 Å². The normalized spacial score (nSPS) is 10.6. The van der Waals surface area contributed by atoms with E-state index in [9.17, 15) is 4.79 Å². The summed E-state index contributed by atoms with van der Waals surface area (Å²) < 4.78 is 8.88. The number of carbonyl (C=O) groups is 1. The van der Waals surface area contributed by atoms with Crippen LogP contribution in [0.25, 0.3) is 0 Å². The lowest BCUT2D eigenvalue weighted by molar-refractivity contribution is -0.672. The summed E-state index contributed by atoms with van der Waals surface area (Å²) in [5.74, 6) is -0.254. The van der Waals surface area contributed by atoms with Crippen LogP contribution in [0, 0.1) is 0 Å². The van der Waals surface area contributed by atoms with Gasteiger partial charge in [0.2, 0.25) is 5.69 Å². The molecule has 1 N–H and O–H groups in total. The number of halogens is 2. The molecule has 26 heavy (non-hydrogen) atoms. The van der Waals surface area contributed by atoms with Crippen LogP contribution >= 0.6 is 0 Å². The number of oxime groups is 1. The monoisotopic (exact) mass is 585 g/mol. The van der Waals surface area contributed by atoms with Gasteiger partial charge >= 0.3 is 5.97 Å². The van der Waals surface area contributed by atoms with Crippen LogP contribution in [-0.2, 0) is 18.8 Å². The Morgan fingerprint density at radius 3 is 2.46 bits per heavy atom. The lowest BCUT2D eigenvalue weighted by Crippen LogP contribution is -3.00. The average Bonchev–Trinajstić information content (AvgIpc) is 2.57. The van der Waals surface area contributed by atoms with Crippen molar-refractivity contribution in [3.05, 3.63) is 60.2 Å². The average molecular weight is 585 g/mol. The van der Waals surface area contributed by atoms with E-state index in [4.69, 9.17) is 9.94 Å². The molecule has 1 unspecified atom stereocenters. The van der Waals surface area contributed by atoms with Crippen LogP contribution < -0.4 is 57.1 Å². The van der Waals surface area contributed by atoms with E-state index in [1.807, 2.05) is 73.7 Å². The van der Waals surface area contributed by atoms with Crippen LogP contribution in [0.1, 0.15) is 36.3 Å². The number of carbonyl (C=O) groups excluding carboxylic acids is 1. The van der Waals surface area contributed by atoms with Crippen molar-refractivity contribution in [3.63, 3.8) is 0 Å². The summed E-state index contributed by atoms with van der Waals surface area (Å²) >= 11 is 0. The maximum atomic E-state index is 11.5. The molecule has 1 atom stereocenters. The van der Waals surface area contributed by atoms with E-state index in [0.717, 1.165) is 12.1 Å². The molecule has 6 nitrogen and oxygen atoms in total. The third-order valence-corrected chi connectivity index (χ3v) is 3.34. The molecule has 0 aliphatic heterocycles. The number of rotatable bonds is 4. The largest absolute Gasteiger partial charge is 1.00 e.